The molecule has 0 unspecified atom stereocenters. The molecule has 0 radical (unpaired) electrons. The van der Waals surface area contributed by atoms with Gasteiger partial charge >= 0.3 is 5.97 Å². The Labute approximate surface area is 151 Å². The lowest BCUT2D eigenvalue weighted by Crippen LogP contribution is -2.31. The lowest BCUT2D eigenvalue weighted by Gasteiger charge is -2.11. The Morgan fingerprint density at radius 2 is 1.96 bits per heavy atom. The predicted molar refractivity (Wildman–Crippen MR) is 97.5 cm³/mol. The number of amides is 1. The maximum atomic E-state index is 12.1. The van der Waals surface area contributed by atoms with Crippen LogP contribution in [0.2, 0.25) is 0 Å². The van der Waals surface area contributed by atoms with Gasteiger partial charge in [0.15, 0.2) is 0 Å². The van der Waals surface area contributed by atoms with Crippen LogP contribution in [-0.2, 0) is 16.0 Å². The van der Waals surface area contributed by atoms with Crippen LogP contribution in [0.15, 0.2) is 29.6 Å². The van der Waals surface area contributed by atoms with Crippen LogP contribution in [0.25, 0.3) is 11.3 Å². The number of rotatable bonds is 6. The molecule has 0 aliphatic heterocycles. The minimum absolute atomic E-state index is 0.0154. The molecule has 25 heavy (non-hydrogen) atoms. The van der Waals surface area contributed by atoms with Gasteiger partial charge in [0.25, 0.3) is 0 Å². The van der Waals surface area contributed by atoms with E-state index in [0.717, 1.165) is 28.2 Å². The van der Waals surface area contributed by atoms with Gasteiger partial charge in [-0.25, -0.2) is 4.98 Å². The first-order valence-electron chi connectivity index (χ1n) is 8.55. The number of aromatic nitrogens is 1. The molecule has 3 rings (SSSR count). The zero-order valence-corrected chi connectivity index (χ0v) is 15.0. The number of nitrogens with one attached hydrogen (secondary N) is 1. The Morgan fingerprint density at radius 3 is 2.56 bits per heavy atom. The number of hydrogen-bond donors (Lipinski definition) is 2. The van der Waals surface area contributed by atoms with Crippen LogP contribution in [0.1, 0.15) is 29.8 Å². The monoisotopic (exact) mass is 358 g/mol. The number of carboxylic acid groups (broad SMARTS) is 1. The van der Waals surface area contributed by atoms with Crippen molar-refractivity contribution in [3.05, 3.63) is 40.2 Å². The number of aryl methyl sites for hydroxylation is 1. The molecule has 2 atom stereocenters. The second kappa shape index (κ2) is 7.78. The molecule has 1 aliphatic rings. The minimum atomic E-state index is -0.786. The molecule has 6 heteroatoms. The lowest BCUT2D eigenvalue weighted by molar-refractivity contribution is -0.141. The van der Waals surface area contributed by atoms with Crippen LogP contribution in [0.3, 0.4) is 0 Å². The smallest absolute Gasteiger partial charge is 0.306 e. The Bertz CT molecular complexity index is 754. The predicted octanol–water partition coefficient (Wildman–Crippen LogP) is 3.28. The Morgan fingerprint density at radius 1 is 1.24 bits per heavy atom. The summed E-state index contributed by atoms with van der Waals surface area (Å²) in [7, 11) is 0. The van der Waals surface area contributed by atoms with E-state index >= 15 is 0 Å². The van der Waals surface area contributed by atoms with Crippen molar-refractivity contribution in [3.8, 4) is 11.3 Å². The summed E-state index contributed by atoms with van der Waals surface area (Å²) in [4.78, 5) is 27.6. The average Bonchev–Trinajstić information content (AvgIpc) is 3.24. The summed E-state index contributed by atoms with van der Waals surface area (Å²) in [6, 6.07) is 8.23. The number of nitrogens with zero attached hydrogens (tertiary/aromatic N) is 1. The van der Waals surface area contributed by atoms with Crippen LogP contribution in [0.4, 0.5) is 0 Å². The van der Waals surface area contributed by atoms with E-state index in [4.69, 9.17) is 5.11 Å². The molecular formula is C19H22N2O3S. The van der Waals surface area contributed by atoms with Crippen molar-refractivity contribution in [2.24, 2.45) is 11.8 Å². The third kappa shape index (κ3) is 4.45. The Hall–Kier alpha value is -2.21. The number of thiazole rings is 1. The van der Waals surface area contributed by atoms with E-state index in [1.165, 1.54) is 0 Å². The fourth-order valence-electron chi connectivity index (χ4n) is 3.26. The fraction of sp³-hybridized carbons (Fsp3) is 0.421. The van der Waals surface area contributed by atoms with E-state index in [2.05, 4.69) is 39.9 Å². The zero-order chi connectivity index (χ0) is 17.8. The van der Waals surface area contributed by atoms with Crippen LogP contribution < -0.4 is 5.32 Å². The number of aliphatic carboxylic acids is 1. The molecule has 132 valence electrons. The van der Waals surface area contributed by atoms with E-state index in [9.17, 15) is 9.59 Å². The molecule has 1 aliphatic carbocycles. The van der Waals surface area contributed by atoms with Gasteiger partial charge in [-0.1, -0.05) is 24.3 Å². The summed E-state index contributed by atoms with van der Waals surface area (Å²) < 4.78 is 0. The number of hydrogen-bond acceptors (Lipinski definition) is 4. The summed E-state index contributed by atoms with van der Waals surface area (Å²) in [5.74, 6) is -1.32. The second-order valence-corrected chi connectivity index (χ2v) is 7.60. The van der Waals surface area contributed by atoms with Crippen molar-refractivity contribution >= 4 is 23.2 Å². The maximum absolute atomic E-state index is 12.1. The topological polar surface area (TPSA) is 79.3 Å². The highest BCUT2D eigenvalue weighted by Crippen LogP contribution is 2.31. The van der Waals surface area contributed by atoms with Gasteiger partial charge < -0.3 is 10.4 Å². The van der Waals surface area contributed by atoms with Crippen LogP contribution >= 0.6 is 11.3 Å². The molecule has 1 aromatic heterocycles. The van der Waals surface area contributed by atoms with E-state index < -0.39 is 5.97 Å². The Balaban J connectivity index is 1.46. The quantitative estimate of drug-likeness (QED) is 0.830. The number of carboxylic acids is 1. The first-order valence-corrected chi connectivity index (χ1v) is 9.43. The lowest BCUT2D eigenvalue weighted by atomic mass is 10.0. The summed E-state index contributed by atoms with van der Waals surface area (Å²) in [5.41, 5.74) is 3.25. The van der Waals surface area contributed by atoms with Crippen LogP contribution in [-0.4, -0.2) is 28.5 Å². The van der Waals surface area contributed by atoms with Gasteiger partial charge in [-0.2, -0.15) is 0 Å². The summed E-state index contributed by atoms with van der Waals surface area (Å²) >= 11 is 1.64. The van der Waals surface area contributed by atoms with E-state index in [1.54, 1.807) is 11.3 Å². The minimum Gasteiger partial charge on any atom is -0.481 e. The molecule has 0 saturated heterocycles. The van der Waals surface area contributed by atoms with Gasteiger partial charge in [0.2, 0.25) is 5.91 Å². The summed E-state index contributed by atoms with van der Waals surface area (Å²) in [6.45, 7) is 2.57. The van der Waals surface area contributed by atoms with Crippen molar-refractivity contribution in [2.75, 3.05) is 6.54 Å². The molecule has 1 aromatic carbocycles. The van der Waals surface area contributed by atoms with Crippen LogP contribution in [0.5, 0.6) is 0 Å². The maximum Gasteiger partial charge on any atom is 0.306 e. The first kappa shape index (κ1) is 17.6. The van der Waals surface area contributed by atoms with Crippen molar-refractivity contribution in [2.45, 2.75) is 32.6 Å². The van der Waals surface area contributed by atoms with Crippen molar-refractivity contribution < 1.29 is 14.7 Å². The third-order valence-corrected chi connectivity index (χ3v) is 5.51. The average molecular weight is 358 g/mol. The van der Waals surface area contributed by atoms with Gasteiger partial charge in [0.1, 0.15) is 0 Å². The normalized spacial score (nSPS) is 19.7. The Kier molecular flexibility index (Phi) is 5.48. The number of benzene rings is 1. The molecule has 1 heterocycles. The van der Waals surface area contributed by atoms with Crippen molar-refractivity contribution in [1.82, 2.24) is 10.3 Å². The SMILES string of the molecule is Cc1nc(-c2ccc(CCNC(=O)[C@@H]3CC[C@H](C(=O)O)C3)cc2)cs1. The molecule has 5 nitrogen and oxygen atoms in total. The molecular weight excluding hydrogens is 336 g/mol. The van der Waals surface area contributed by atoms with Gasteiger partial charge in [0, 0.05) is 23.4 Å². The third-order valence-electron chi connectivity index (χ3n) is 4.73. The zero-order valence-electron chi connectivity index (χ0n) is 14.2. The number of carbonyl (C=O) groups is 2. The van der Waals surface area contributed by atoms with E-state index in [-0.39, 0.29) is 17.7 Å². The molecule has 2 N–H and O–H groups in total. The highest BCUT2D eigenvalue weighted by atomic mass is 32.1. The number of carbonyl (C=O) groups excluding carboxylic acids is 1. The van der Waals surface area contributed by atoms with Crippen molar-refractivity contribution in [3.63, 3.8) is 0 Å². The highest BCUT2D eigenvalue weighted by Gasteiger charge is 2.33. The molecule has 2 aromatic rings. The van der Waals surface area contributed by atoms with E-state index in [0.29, 0.717) is 25.8 Å². The van der Waals surface area contributed by atoms with Crippen molar-refractivity contribution in [1.29, 1.82) is 0 Å². The standard InChI is InChI=1S/C19H22N2O3S/c1-12-21-17(11-25-12)14-4-2-13(3-5-14)8-9-20-18(22)15-6-7-16(10-15)19(23)24/h2-5,11,15-16H,6-10H2,1H3,(H,20,22)(H,23,24)/t15-,16+/m1/s1. The first-order chi connectivity index (χ1) is 12.0. The van der Waals surface area contributed by atoms with Gasteiger partial charge in [0.05, 0.1) is 16.6 Å². The largest absolute Gasteiger partial charge is 0.481 e. The molecule has 0 bridgehead atoms. The fourth-order valence-corrected chi connectivity index (χ4v) is 3.88. The summed E-state index contributed by atoms with van der Waals surface area (Å²) in [6.07, 6.45) is 2.50. The summed E-state index contributed by atoms with van der Waals surface area (Å²) in [5, 5.41) is 15.1. The molecule has 1 saturated carbocycles. The van der Waals surface area contributed by atoms with Gasteiger partial charge in [-0.3, -0.25) is 9.59 Å². The van der Waals surface area contributed by atoms with Gasteiger partial charge in [-0.15, -0.1) is 11.3 Å². The molecule has 1 fully saturated rings. The second-order valence-electron chi connectivity index (χ2n) is 6.53. The molecule has 1 amide bonds. The van der Waals surface area contributed by atoms with Crippen LogP contribution in [0, 0.1) is 18.8 Å². The van der Waals surface area contributed by atoms with Gasteiger partial charge in [-0.05, 0) is 38.2 Å². The highest BCUT2D eigenvalue weighted by molar-refractivity contribution is 7.09. The molecule has 0 spiro atoms. The van der Waals surface area contributed by atoms with E-state index in [1.807, 2.05) is 6.92 Å².